The van der Waals surface area contributed by atoms with Crippen LogP contribution in [0, 0.1) is 12.2 Å². The largest absolute Gasteiger partial charge is 4.00 e. The van der Waals surface area contributed by atoms with Crippen LogP contribution in [-0.2, 0) is 30.6 Å². The van der Waals surface area contributed by atoms with E-state index in [4.69, 9.17) is 4.43 Å². The van der Waals surface area contributed by atoms with Crippen LogP contribution < -0.4 is 24.8 Å². The van der Waals surface area contributed by atoms with Gasteiger partial charge in [-0.25, -0.2) is 23.4 Å². The summed E-state index contributed by atoms with van der Waals surface area (Å²) in [5.41, 5.74) is 0. The maximum Gasteiger partial charge on any atom is 4.00 e. The van der Waals surface area contributed by atoms with E-state index in [9.17, 15) is 0 Å². The second kappa shape index (κ2) is 12.6. The molecule has 1 nitrogen and oxygen atoms in total. The van der Waals surface area contributed by atoms with Gasteiger partial charge in [0.05, 0.1) is 0 Å². The maximum atomic E-state index is 5.41. The summed E-state index contributed by atoms with van der Waals surface area (Å²) in [7, 11) is 0.259. The van der Waals surface area contributed by atoms with Gasteiger partial charge in [-0.1, -0.05) is 0 Å². The number of rotatable bonds is 2. The fourth-order valence-corrected chi connectivity index (χ4v) is 2.54. The topological polar surface area (TPSA) is 9.23 Å². The SMILES string of the molecule is CO[Si](C)(C)C1=[C-]CC=C1.[C-]1=CC=CC1.[Cl-].[Cl-].[Zr+4]. The molecule has 2 aliphatic carbocycles. The molecule has 2 aliphatic rings. The Kier molecular flexibility index (Phi) is 16.6. The van der Waals surface area contributed by atoms with Crippen molar-refractivity contribution in [1.82, 2.24) is 0 Å². The van der Waals surface area contributed by atoms with Crippen LogP contribution >= 0.6 is 0 Å². The molecule has 18 heavy (non-hydrogen) atoms. The van der Waals surface area contributed by atoms with Crippen molar-refractivity contribution in [2.75, 3.05) is 7.11 Å². The Morgan fingerprint density at radius 3 is 2.11 bits per heavy atom. The Balaban J connectivity index is -0.000000245. The average molecular weight is 381 g/mol. The van der Waals surface area contributed by atoms with Crippen LogP contribution in [0.2, 0.25) is 13.1 Å². The van der Waals surface area contributed by atoms with Crippen LogP contribution in [-0.4, -0.2) is 15.4 Å². The molecular formula is C13H18Cl2OSiZr. The fourth-order valence-electron chi connectivity index (χ4n) is 1.27. The van der Waals surface area contributed by atoms with Crippen molar-refractivity contribution in [2.24, 2.45) is 0 Å². The van der Waals surface area contributed by atoms with Crippen LogP contribution in [0.1, 0.15) is 12.8 Å². The molecule has 0 aliphatic heterocycles. The Morgan fingerprint density at radius 1 is 1.17 bits per heavy atom. The Morgan fingerprint density at radius 2 is 1.83 bits per heavy atom. The van der Waals surface area contributed by atoms with Crippen LogP contribution in [0.4, 0.5) is 0 Å². The normalized spacial score (nSPS) is 14.7. The predicted octanol–water partition coefficient (Wildman–Crippen LogP) is -2.62. The molecule has 0 aromatic carbocycles. The van der Waals surface area contributed by atoms with E-state index in [1.165, 1.54) is 5.20 Å². The molecule has 0 saturated heterocycles. The summed E-state index contributed by atoms with van der Waals surface area (Å²) in [6, 6.07) is 0. The van der Waals surface area contributed by atoms with Crippen molar-refractivity contribution in [2.45, 2.75) is 25.9 Å². The molecule has 0 fully saturated rings. The van der Waals surface area contributed by atoms with E-state index in [1.54, 1.807) is 7.11 Å². The molecule has 98 valence electrons. The minimum absolute atomic E-state index is 0. The van der Waals surface area contributed by atoms with E-state index in [1.807, 2.05) is 12.2 Å². The van der Waals surface area contributed by atoms with Gasteiger partial charge in [0.15, 0.2) is 8.32 Å². The van der Waals surface area contributed by atoms with E-state index in [0.717, 1.165) is 12.8 Å². The van der Waals surface area contributed by atoms with Crippen LogP contribution in [0.15, 0.2) is 35.6 Å². The van der Waals surface area contributed by atoms with E-state index < -0.39 is 8.32 Å². The third-order valence-electron chi connectivity index (χ3n) is 2.44. The van der Waals surface area contributed by atoms with E-state index in [0.29, 0.717) is 0 Å². The Labute approximate surface area is 144 Å². The van der Waals surface area contributed by atoms with Crippen LogP contribution in [0.3, 0.4) is 0 Å². The molecular weight excluding hydrogens is 362 g/mol. The number of allylic oxidation sites excluding steroid dienone is 8. The third-order valence-corrected chi connectivity index (χ3v) is 5.10. The van der Waals surface area contributed by atoms with Gasteiger partial charge in [-0.2, -0.15) is 12.2 Å². The quantitative estimate of drug-likeness (QED) is 0.377. The van der Waals surface area contributed by atoms with Gasteiger partial charge < -0.3 is 29.2 Å². The van der Waals surface area contributed by atoms with Crippen LogP contribution in [0.25, 0.3) is 0 Å². The van der Waals surface area contributed by atoms with Crippen molar-refractivity contribution in [3.63, 3.8) is 0 Å². The van der Waals surface area contributed by atoms with Gasteiger partial charge in [0.25, 0.3) is 0 Å². The first kappa shape index (κ1) is 23.7. The first-order chi connectivity index (χ1) is 7.17. The van der Waals surface area contributed by atoms with Gasteiger partial charge in [-0.3, -0.25) is 12.2 Å². The molecule has 0 N–H and O–H groups in total. The second-order valence-electron chi connectivity index (χ2n) is 3.91. The molecule has 0 atom stereocenters. The molecule has 0 unspecified atom stereocenters. The van der Waals surface area contributed by atoms with Crippen molar-refractivity contribution in [3.05, 3.63) is 47.7 Å². The molecule has 0 spiro atoms. The monoisotopic (exact) mass is 378 g/mol. The van der Waals surface area contributed by atoms with E-state index in [2.05, 4.69) is 43.5 Å². The Hall–Kier alpha value is 0.600. The summed E-state index contributed by atoms with van der Waals surface area (Å²) < 4.78 is 5.41. The first-order valence-corrected chi connectivity index (χ1v) is 8.12. The zero-order valence-corrected chi connectivity index (χ0v) is 15.9. The molecule has 0 aromatic heterocycles. The zero-order valence-electron chi connectivity index (χ0n) is 11.0. The molecule has 0 saturated carbocycles. The van der Waals surface area contributed by atoms with Gasteiger partial charge in [0.2, 0.25) is 0 Å². The molecule has 0 heterocycles. The van der Waals surface area contributed by atoms with Crippen molar-refractivity contribution >= 4 is 8.32 Å². The minimum atomic E-state index is -1.53. The average Bonchev–Trinajstić information content (AvgIpc) is 2.93. The van der Waals surface area contributed by atoms with Gasteiger partial charge in [-0.05, 0) is 13.1 Å². The van der Waals surface area contributed by atoms with Crippen molar-refractivity contribution in [1.29, 1.82) is 0 Å². The van der Waals surface area contributed by atoms with Crippen molar-refractivity contribution < 1.29 is 55.4 Å². The standard InChI is InChI=1S/C8H13OSi.C5H5.2ClH.Zr/c1-9-10(2,3)8-6-4-5-7-8;1-2-4-5-3-1;;;/h4,6H,5H2,1-3H3;1-3H,4H2;2*1H;/q2*-1;;;+4/p-2. The number of hydrogen-bond acceptors (Lipinski definition) is 1. The summed E-state index contributed by atoms with van der Waals surface area (Å²) >= 11 is 0. The van der Waals surface area contributed by atoms with Gasteiger partial charge in [0, 0.05) is 7.11 Å². The third kappa shape index (κ3) is 8.66. The van der Waals surface area contributed by atoms with Crippen molar-refractivity contribution in [3.8, 4) is 0 Å². The molecule has 0 radical (unpaired) electrons. The second-order valence-corrected chi connectivity index (χ2v) is 7.88. The zero-order chi connectivity index (χ0) is 11.1. The maximum absolute atomic E-state index is 5.41. The van der Waals surface area contributed by atoms with Gasteiger partial charge in [0.1, 0.15) is 0 Å². The van der Waals surface area contributed by atoms with E-state index in [-0.39, 0.29) is 51.0 Å². The van der Waals surface area contributed by atoms with Gasteiger partial charge in [-0.15, -0.1) is 12.8 Å². The molecule has 0 aromatic rings. The first-order valence-electron chi connectivity index (χ1n) is 5.21. The summed E-state index contributed by atoms with van der Waals surface area (Å²) in [6.45, 7) is 4.37. The molecule has 5 heteroatoms. The summed E-state index contributed by atoms with van der Waals surface area (Å²) in [5.74, 6) is 0. The molecule has 0 amide bonds. The predicted molar refractivity (Wildman–Crippen MR) is 66.6 cm³/mol. The number of halogens is 2. The summed E-state index contributed by atoms with van der Waals surface area (Å²) in [5, 5.41) is 1.30. The molecule has 2 rings (SSSR count). The van der Waals surface area contributed by atoms with E-state index >= 15 is 0 Å². The molecule has 0 bridgehead atoms. The van der Waals surface area contributed by atoms with Crippen LogP contribution in [0.5, 0.6) is 0 Å². The van der Waals surface area contributed by atoms with Gasteiger partial charge >= 0.3 is 26.2 Å². The summed E-state index contributed by atoms with van der Waals surface area (Å²) in [4.78, 5) is 0. The summed E-state index contributed by atoms with van der Waals surface area (Å²) in [6.07, 6.45) is 18.5. The number of hydrogen-bond donors (Lipinski definition) is 0. The smallest absolute Gasteiger partial charge is 1.00 e. The fraction of sp³-hybridized carbons (Fsp3) is 0.385. The minimum Gasteiger partial charge on any atom is -1.00 e. The Bertz CT molecular complexity index is 313.